The molecule has 0 radical (unpaired) electrons. The average molecular weight is 356 g/mol. The molecular formula is C14H12Br2O. The van der Waals surface area contributed by atoms with Gasteiger partial charge in [0.1, 0.15) is 0 Å². The lowest BCUT2D eigenvalue weighted by molar-refractivity contribution is 0.107. The van der Waals surface area contributed by atoms with Crippen LogP contribution in [0.15, 0.2) is 57.5 Å². The summed E-state index contributed by atoms with van der Waals surface area (Å²) in [7, 11) is 0. The van der Waals surface area contributed by atoms with Gasteiger partial charge in [-0.3, -0.25) is 0 Å². The molecule has 2 aromatic rings. The van der Waals surface area contributed by atoms with E-state index < -0.39 is 0 Å². The molecule has 2 rings (SSSR count). The van der Waals surface area contributed by atoms with E-state index in [0.717, 1.165) is 8.95 Å². The van der Waals surface area contributed by atoms with Crippen molar-refractivity contribution >= 4 is 31.9 Å². The lowest BCUT2D eigenvalue weighted by atomic mass is 10.2. The van der Waals surface area contributed by atoms with Crippen LogP contribution in [0.3, 0.4) is 0 Å². The number of hydrogen-bond donors (Lipinski definition) is 0. The van der Waals surface area contributed by atoms with E-state index in [1.807, 2.05) is 24.3 Å². The molecule has 2 aromatic carbocycles. The molecule has 1 nitrogen and oxygen atoms in total. The SMILES string of the molecule is Brc1ccc(COCc2ccc(Br)cc2)cc1. The fraction of sp³-hybridized carbons (Fsp3) is 0.143. The molecule has 0 heterocycles. The van der Waals surface area contributed by atoms with Crippen LogP contribution in [0.1, 0.15) is 11.1 Å². The first kappa shape index (κ1) is 12.8. The highest BCUT2D eigenvalue weighted by Gasteiger charge is 1.96. The summed E-state index contributed by atoms with van der Waals surface area (Å²) in [5, 5.41) is 0. The molecule has 0 unspecified atom stereocenters. The van der Waals surface area contributed by atoms with Crippen molar-refractivity contribution in [3.63, 3.8) is 0 Å². The fourth-order valence-electron chi connectivity index (χ4n) is 1.45. The predicted molar refractivity (Wildman–Crippen MR) is 76.8 cm³/mol. The Kier molecular flexibility index (Phi) is 4.77. The zero-order valence-corrected chi connectivity index (χ0v) is 12.4. The topological polar surface area (TPSA) is 9.23 Å². The molecule has 0 fully saturated rings. The maximum absolute atomic E-state index is 5.65. The van der Waals surface area contributed by atoms with Crippen LogP contribution in [-0.4, -0.2) is 0 Å². The lowest BCUT2D eigenvalue weighted by Crippen LogP contribution is -1.93. The Morgan fingerprint density at radius 2 is 1.00 bits per heavy atom. The Balaban J connectivity index is 1.83. The first-order valence-electron chi connectivity index (χ1n) is 5.31. The summed E-state index contributed by atoms with van der Waals surface area (Å²) in [6.45, 7) is 1.28. The molecule has 17 heavy (non-hydrogen) atoms. The van der Waals surface area contributed by atoms with Crippen molar-refractivity contribution in [1.29, 1.82) is 0 Å². The second kappa shape index (κ2) is 6.34. The molecule has 0 aliphatic heterocycles. The molecule has 0 aromatic heterocycles. The van der Waals surface area contributed by atoms with E-state index in [9.17, 15) is 0 Å². The van der Waals surface area contributed by atoms with Crippen molar-refractivity contribution in [2.45, 2.75) is 13.2 Å². The van der Waals surface area contributed by atoms with Crippen LogP contribution in [0, 0.1) is 0 Å². The van der Waals surface area contributed by atoms with E-state index in [2.05, 4.69) is 56.1 Å². The minimum Gasteiger partial charge on any atom is -0.372 e. The quantitative estimate of drug-likeness (QED) is 0.755. The third kappa shape index (κ3) is 4.26. The highest BCUT2D eigenvalue weighted by Crippen LogP contribution is 2.13. The smallest absolute Gasteiger partial charge is 0.0721 e. The van der Waals surface area contributed by atoms with E-state index in [4.69, 9.17) is 4.74 Å². The van der Waals surface area contributed by atoms with Gasteiger partial charge in [0.05, 0.1) is 13.2 Å². The maximum Gasteiger partial charge on any atom is 0.0721 e. The number of ether oxygens (including phenoxy) is 1. The average Bonchev–Trinajstić information content (AvgIpc) is 2.34. The molecule has 0 N–H and O–H groups in total. The Bertz CT molecular complexity index is 417. The van der Waals surface area contributed by atoms with E-state index in [-0.39, 0.29) is 0 Å². The third-order valence-electron chi connectivity index (χ3n) is 2.36. The van der Waals surface area contributed by atoms with Gasteiger partial charge in [0.2, 0.25) is 0 Å². The third-order valence-corrected chi connectivity index (χ3v) is 3.42. The molecule has 88 valence electrons. The first-order valence-corrected chi connectivity index (χ1v) is 6.89. The van der Waals surface area contributed by atoms with Crippen LogP contribution in [0.5, 0.6) is 0 Å². The molecule has 0 aliphatic rings. The number of hydrogen-bond acceptors (Lipinski definition) is 1. The highest BCUT2D eigenvalue weighted by atomic mass is 79.9. The zero-order valence-electron chi connectivity index (χ0n) is 9.20. The molecule has 0 aliphatic carbocycles. The van der Waals surface area contributed by atoms with Crippen molar-refractivity contribution < 1.29 is 4.74 Å². The highest BCUT2D eigenvalue weighted by molar-refractivity contribution is 9.10. The molecule has 0 bridgehead atoms. The minimum atomic E-state index is 0.642. The van der Waals surface area contributed by atoms with Crippen molar-refractivity contribution in [1.82, 2.24) is 0 Å². The lowest BCUT2D eigenvalue weighted by Gasteiger charge is -2.05. The largest absolute Gasteiger partial charge is 0.372 e. The van der Waals surface area contributed by atoms with Crippen molar-refractivity contribution in [3.05, 3.63) is 68.6 Å². The number of rotatable bonds is 4. The van der Waals surface area contributed by atoms with Gasteiger partial charge in [0.25, 0.3) is 0 Å². The van der Waals surface area contributed by atoms with Crippen LogP contribution in [0.2, 0.25) is 0 Å². The zero-order chi connectivity index (χ0) is 12.1. The second-order valence-electron chi connectivity index (χ2n) is 3.75. The van der Waals surface area contributed by atoms with E-state index in [1.54, 1.807) is 0 Å². The van der Waals surface area contributed by atoms with Gasteiger partial charge in [-0.15, -0.1) is 0 Å². The summed E-state index contributed by atoms with van der Waals surface area (Å²) >= 11 is 6.82. The first-order chi connectivity index (χ1) is 8.24. The summed E-state index contributed by atoms with van der Waals surface area (Å²) in [5.41, 5.74) is 2.37. The molecule has 0 saturated carbocycles. The van der Waals surface area contributed by atoms with Crippen LogP contribution >= 0.6 is 31.9 Å². The van der Waals surface area contributed by atoms with Crippen LogP contribution in [0.25, 0.3) is 0 Å². The van der Waals surface area contributed by atoms with Gasteiger partial charge in [-0.25, -0.2) is 0 Å². The van der Waals surface area contributed by atoms with Crippen LogP contribution in [-0.2, 0) is 18.0 Å². The maximum atomic E-state index is 5.65. The molecule has 3 heteroatoms. The van der Waals surface area contributed by atoms with Crippen molar-refractivity contribution in [2.24, 2.45) is 0 Å². The predicted octanol–water partition coefficient (Wildman–Crippen LogP) is 4.93. The van der Waals surface area contributed by atoms with Gasteiger partial charge < -0.3 is 4.74 Å². The molecule has 0 saturated heterocycles. The standard InChI is InChI=1S/C14H12Br2O/c15-13-5-1-11(2-6-13)9-17-10-12-3-7-14(16)8-4-12/h1-8H,9-10H2. The molecular weight excluding hydrogens is 344 g/mol. The minimum absolute atomic E-state index is 0.642. The summed E-state index contributed by atoms with van der Waals surface area (Å²) < 4.78 is 7.84. The normalized spacial score (nSPS) is 10.5. The van der Waals surface area contributed by atoms with Gasteiger partial charge in [0, 0.05) is 8.95 Å². The monoisotopic (exact) mass is 354 g/mol. The summed E-state index contributed by atoms with van der Waals surface area (Å²) in [5.74, 6) is 0. The summed E-state index contributed by atoms with van der Waals surface area (Å²) in [6, 6.07) is 16.3. The van der Waals surface area contributed by atoms with Gasteiger partial charge in [0.15, 0.2) is 0 Å². The van der Waals surface area contributed by atoms with E-state index in [0.29, 0.717) is 13.2 Å². The van der Waals surface area contributed by atoms with Crippen molar-refractivity contribution in [2.75, 3.05) is 0 Å². The Morgan fingerprint density at radius 1 is 0.647 bits per heavy atom. The molecule has 0 spiro atoms. The van der Waals surface area contributed by atoms with E-state index in [1.165, 1.54) is 11.1 Å². The van der Waals surface area contributed by atoms with Gasteiger partial charge in [-0.2, -0.15) is 0 Å². The summed E-state index contributed by atoms with van der Waals surface area (Å²) in [4.78, 5) is 0. The fourth-order valence-corrected chi connectivity index (χ4v) is 1.98. The van der Waals surface area contributed by atoms with Gasteiger partial charge in [-0.05, 0) is 35.4 Å². The Hall–Kier alpha value is -0.640. The molecule has 0 amide bonds. The van der Waals surface area contributed by atoms with Gasteiger partial charge >= 0.3 is 0 Å². The van der Waals surface area contributed by atoms with E-state index >= 15 is 0 Å². The van der Waals surface area contributed by atoms with Gasteiger partial charge in [-0.1, -0.05) is 56.1 Å². The van der Waals surface area contributed by atoms with Crippen LogP contribution in [0.4, 0.5) is 0 Å². The Morgan fingerprint density at radius 3 is 1.35 bits per heavy atom. The summed E-state index contributed by atoms with van der Waals surface area (Å²) in [6.07, 6.45) is 0. The van der Waals surface area contributed by atoms with Crippen LogP contribution < -0.4 is 0 Å². The van der Waals surface area contributed by atoms with Crippen molar-refractivity contribution in [3.8, 4) is 0 Å². The molecule has 0 atom stereocenters. The Labute approximate surface area is 118 Å². The second-order valence-corrected chi connectivity index (χ2v) is 5.58. The number of benzene rings is 2. The number of halogens is 2.